The molecule has 0 aliphatic heterocycles. The summed E-state index contributed by atoms with van der Waals surface area (Å²) in [6.45, 7) is 0. The standard InChI is InChI=1S/C11H8N2S2.Na.H/c12-6-7-15-11(14)10(8-13)9-4-2-1-3-5-9;;/h1-5,14H,7H2;;/q;+1;-1. The average molecular weight is 256 g/mol. The molecule has 1 rings (SSSR count). The van der Waals surface area contributed by atoms with E-state index in [2.05, 4.69) is 18.7 Å². The molecule has 0 amide bonds. The first-order chi connectivity index (χ1) is 7.29. The maximum atomic E-state index is 9.00. The summed E-state index contributed by atoms with van der Waals surface area (Å²) in [5, 5.41) is 17.4. The van der Waals surface area contributed by atoms with E-state index in [0.29, 0.717) is 15.6 Å². The van der Waals surface area contributed by atoms with Gasteiger partial charge in [0, 0.05) is 0 Å². The van der Waals surface area contributed by atoms with Gasteiger partial charge >= 0.3 is 29.6 Å². The smallest absolute Gasteiger partial charge is 1.00 e. The number of rotatable bonds is 3. The van der Waals surface area contributed by atoms with Crippen LogP contribution in [-0.2, 0) is 0 Å². The molecule has 16 heavy (non-hydrogen) atoms. The number of allylic oxidation sites excluding steroid dienone is 1. The Morgan fingerprint density at radius 1 is 1.31 bits per heavy atom. The molecule has 0 radical (unpaired) electrons. The van der Waals surface area contributed by atoms with Crippen LogP contribution >= 0.6 is 24.4 Å². The van der Waals surface area contributed by atoms with Crippen molar-refractivity contribution in [2.45, 2.75) is 0 Å². The summed E-state index contributed by atoms with van der Waals surface area (Å²) < 4.78 is 0.588. The Morgan fingerprint density at radius 3 is 2.44 bits per heavy atom. The quantitative estimate of drug-likeness (QED) is 0.477. The molecule has 0 saturated heterocycles. The fraction of sp³-hybridized carbons (Fsp3) is 0.0909. The molecule has 0 heterocycles. The van der Waals surface area contributed by atoms with Crippen LogP contribution in [0.1, 0.15) is 6.99 Å². The van der Waals surface area contributed by atoms with E-state index in [1.54, 1.807) is 0 Å². The number of hydrogen-bond donors (Lipinski definition) is 1. The monoisotopic (exact) mass is 256 g/mol. The minimum absolute atomic E-state index is 0. The van der Waals surface area contributed by atoms with Crippen molar-refractivity contribution in [3.8, 4) is 12.1 Å². The number of thiol groups is 1. The SMILES string of the molecule is N#CCSC(S)=C(C#N)c1ccccc1.[H-].[Na+]. The van der Waals surface area contributed by atoms with E-state index < -0.39 is 0 Å². The Bertz CT molecular complexity index is 449. The van der Waals surface area contributed by atoms with Gasteiger partial charge in [0.2, 0.25) is 0 Å². The fourth-order valence-corrected chi connectivity index (χ4v) is 1.90. The second-order valence-electron chi connectivity index (χ2n) is 2.60. The van der Waals surface area contributed by atoms with Gasteiger partial charge in [-0.3, -0.25) is 0 Å². The topological polar surface area (TPSA) is 47.6 Å². The van der Waals surface area contributed by atoms with Crippen molar-refractivity contribution in [1.29, 1.82) is 10.5 Å². The molecule has 0 bridgehead atoms. The largest absolute Gasteiger partial charge is 1.00 e. The molecular weight excluding hydrogens is 247 g/mol. The van der Waals surface area contributed by atoms with Crippen LogP contribution in [-0.4, -0.2) is 5.75 Å². The first-order valence-electron chi connectivity index (χ1n) is 4.18. The Morgan fingerprint density at radius 2 is 1.94 bits per heavy atom. The van der Waals surface area contributed by atoms with E-state index in [4.69, 9.17) is 10.5 Å². The first kappa shape index (κ1) is 15.6. The summed E-state index contributed by atoms with van der Waals surface area (Å²) in [4.78, 5) is 0. The minimum atomic E-state index is 0. The van der Waals surface area contributed by atoms with E-state index in [-0.39, 0.29) is 31.0 Å². The molecule has 0 aliphatic carbocycles. The number of hydrogen-bond acceptors (Lipinski definition) is 4. The van der Waals surface area contributed by atoms with Crippen LogP contribution in [0.2, 0.25) is 0 Å². The molecule has 0 unspecified atom stereocenters. The van der Waals surface area contributed by atoms with Crippen LogP contribution in [0.3, 0.4) is 0 Å². The van der Waals surface area contributed by atoms with Gasteiger partial charge < -0.3 is 1.43 Å². The normalized spacial score (nSPS) is 10.4. The third-order valence-corrected chi connectivity index (χ3v) is 3.02. The van der Waals surface area contributed by atoms with E-state index in [0.717, 1.165) is 5.56 Å². The van der Waals surface area contributed by atoms with Crippen molar-refractivity contribution < 1.29 is 31.0 Å². The first-order valence-corrected chi connectivity index (χ1v) is 5.61. The molecule has 0 aliphatic rings. The van der Waals surface area contributed by atoms with Gasteiger partial charge in [0.05, 0.1) is 21.6 Å². The third-order valence-electron chi connectivity index (χ3n) is 1.66. The Kier molecular flexibility index (Phi) is 8.56. The van der Waals surface area contributed by atoms with Gasteiger partial charge in [-0.25, -0.2) is 0 Å². The molecule has 0 atom stereocenters. The Balaban J connectivity index is 0. The van der Waals surface area contributed by atoms with E-state index >= 15 is 0 Å². The van der Waals surface area contributed by atoms with Crippen molar-refractivity contribution in [3.63, 3.8) is 0 Å². The van der Waals surface area contributed by atoms with Gasteiger partial charge in [0.15, 0.2) is 0 Å². The van der Waals surface area contributed by atoms with Crippen LogP contribution in [0.25, 0.3) is 5.57 Å². The molecule has 0 spiro atoms. The van der Waals surface area contributed by atoms with Gasteiger partial charge in [-0.05, 0) is 5.56 Å². The molecular formula is C11H9N2NaS2. The second-order valence-corrected chi connectivity index (χ2v) is 4.34. The minimum Gasteiger partial charge on any atom is -1.00 e. The number of thioether (sulfide) groups is 1. The Hall–Kier alpha value is -0.360. The van der Waals surface area contributed by atoms with Crippen molar-refractivity contribution in [3.05, 3.63) is 40.1 Å². The molecule has 1 aromatic rings. The molecule has 2 nitrogen and oxygen atoms in total. The second kappa shape index (κ2) is 8.75. The Labute approximate surface area is 129 Å². The summed E-state index contributed by atoms with van der Waals surface area (Å²) in [5.41, 5.74) is 1.34. The maximum Gasteiger partial charge on any atom is 1.00 e. The van der Waals surface area contributed by atoms with Gasteiger partial charge in [-0.2, -0.15) is 10.5 Å². The predicted molar refractivity (Wildman–Crippen MR) is 67.1 cm³/mol. The van der Waals surface area contributed by atoms with Crippen LogP contribution < -0.4 is 29.6 Å². The molecule has 1 aromatic carbocycles. The molecule has 0 fully saturated rings. The van der Waals surface area contributed by atoms with E-state index in [1.165, 1.54) is 11.8 Å². The number of nitrogens with zero attached hydrogens (tertiary/aromatic N) is 2. The van der Waals surface area contributed by atoms with Crippen LogP contribution in [0.5, 0.6) is 0 Å². The summed E-state index contributed by atoms with van der Waals surface area (Å²) in [6, 6.07) is 13.4. The van der Waals surface area contributed by atoms with Crippen LogP contribution in [0, 0.1) is 22.7 Å². The van der Waals surface area contributed by atoms with E-state index in [9.17, 15) is 0 Å². The van der Waals surface area contributed by atoms with Crippen molar-refractivity contribution in [2.24, 2.45) is 0 Å². The molecule has 0 saturated carbocycles. The van der Waals surface area contributed by atoms with Gasteiger partial charge in [-0.1, -0.05) is 30.3 Å². The van der Waals surface area contributed by atoms with Gasteiger partial charge in [-0.15, -0.1) is 24.4 Å². The number of nitriles is 2. The van der Waals surface area contributed by atoms with Gasteiger partial charge in [0.25, 0.3) is 0 Å². The molecule has 0 N–H and O–H groups in total. The van der Waals surface area contributed by atoms with Crippen LogP contribution in [0.4, 0.5) is 0 Å². The maximum absolute atomic E-state index is 9.00. The zero-order valence-electron chi connectivity index (χ0n) is 9.84. The average Bonchev–Trinajstić information content (AvgIpc) is 2.29. The third kappa shape index (κ3) is 4.65. The molecule has 5 heteroatoms. The molecule has 0 aromatic heterocycles. The molecule has 76 valence electrons. The van der Waals surface area contributed by atoms with Crippen molar-refractivity contribution in [1.82, 2.24) is 0 Å². The van der Waals surface area contributed by atoms with Crippen molar-refractivity contribution in [2.75, 3.05) is 5.75 Å². The van der Waals surface area contributed by atoms with Crippen LogP contribution in [0.15, 0.2) is 34.6 Å². The summed E-state index contributed by atoms with van der Waals surface area (Å²) in [6.07, 6.45) is 0. The van der Waals surface area contributed by atoms with Gasteiger partial charge in [0.1, 0.15) is 6.07 Å². The summed E-state index contributed by atoms with van der Waals surface area (Å²) in [5.74, 6) is 0.302. The predicted octanol–water partition coefficient (Wildman–Crippen LogP) is 0.182. The number of benzene rings is 1. The zero-order chi connectivity index (χ0) is 11.1. The fourth-order valence-electron chi connectivity index (χ4n) is 1.01. The van der Waals surface area contributed by atoms with Crippen molar-refractivity contribution >= 4 is 30.0 Å². The van der Waals surface area contributed by atoms with E-state index in [1.807, 2.05) is 36.4 Å². The summed E-state index contributed by atoms with van der Waals surface area (Å²) in [7, 11) is 0. The zero-order valence-corrected chi connectivity index (χ0v) is 12.6. The summed E-state index contributed by atoms with van der Waals surface area (Å²) >= 11 is 5.48.